The van der Waals surface area contributed by atoms with Crippen LogP contribution in [-0.4, -0.2) is 41.9 Å². The number of aliphatic hydroxyl groups excluding tert-OH is 2. The largest absolute Gasteiger partial charge is 0.390 e. The van der Waals surface area contributed by atoms with Crippen LogP contribution in [0, 0.1) is 0 Å². The van der Waals surface area contributed by atoms with Crippen molar-refractivity contribution in [1.82, 2.24) is 0 Å². The third-order valence-corrected chi connectivity index (χ3v) is 1.99. The number of ether oxygens (including phenoxy) is 2. The third kappa shape index (κ3) is 1.90. The smallest absolute Gasteiger partial charge is 0.181 e. The summed E-state index contributed by atoms with van der Waals surface area (Å²) in [5.41, 5.74) is 0. The van der Waals surface area contributed by atoms with Gasteiger partial charge in [-0.1, -0.05) is 0 Å². The van der Waals surface area contributed by atoms with Gasteiger partial charge in [0.1, 0.15) is 6.10 Å². The molecule has 1 aliphatic heterocycles. The lowest BCUT2D eigenvalue weighted by Gasteiger charge is -2.34. The van der Waals surface area contributed by atoms with Gasteiger partial charge in [0.25, 0.3) is 0 Å². The monoisotopic (exact) mass is 162 g/mol. The van der Waals surface area contributed by atoms with E-state index in [-0.39, 0.29) is 6.10 Å². The van der Waals surface area contributed by atoms with Crippen LogP contribution in [0.3, 0.4) is 0 Å². The fraction of sp³-hybridized carbons (Fsp3) is 1.00. The van der Waals surface area contributed by atoms with Crippen LogP contribution in [0.15, 0.2) is 0 Å². The van der Waals surface area contributed by atoms with Crippen LogP contribution in [-0.2, 0) is 9.47 Å². The second-order valence-corrected chi connectivity index (χ2v) is 2.81. The molecule has 4 atom stereocenters. The zero-order chi connectivity index (χ0) is 8.43. The summed E-state index contributed by atoms with van der Waals surface area (Å²) in [6.45, 7) is 1.72. The highest BCUT2D eigenvalue weighted by molar-refractivity contribution is 4.78. The van der Waals surface area contributed by atoms with Crippen LogP contribution >= 0.6 is 0 Å². The zero-order valence-electron chi connectivity index (χ0n) is 6.73. The average molecular weight is 162 g/mol. The first kappa shape index (κ1) is 8.93. The molecule has 0 unspecified atom stereocenters. The van der Waals surface area contributed by atoms with Gasteiger partial charge in [-0.2, -0.15) is 0 Å². The topological polar surface area (TPSA) is 58.9 Å². The molecule has 2 N–H and O–H groups in total. The Hall–Kier alpha value is -0.160. The van der Waals surface area contributed by atoms with Gasteiger partial charge < -0.3 is 19.7 Å². The third-order valence-electron chi connectivity index (χ3n) is 1.99. The number of methoxy groups -OCH3 is 1. The molecule has 0 saturated carbocycles. The van der Waals surface area contributed by atoms with Crippen molar-refractivity contribution in [3.05, 3.63) is 0 Å². The van der Waals surface area contributed by atoms with Crippen molar-refractivity contribution in [2.45, 2.75) is 37.9 Å². The average Bonchev–Trinajstić information content (AvgIpc) is 1.97. The molecule has 0 bridgehead atoms. The summed E-state index contributed by atoms with van der Waals surface area (Å²) in [5, 5.41) is 18.5. The molecule has 11 heavy (non-hydrogen) atoms. The standard InChI is InChI=1S/C7H14O4/c1-4-5(8)3-6(10-2)7(9)11-4/h4-9H,3H2,1-2H3/t4-,5-,6-,7+/m0/s1. The maximum atomic E-state index is 9.28. The molecule has 4 heteroatoms. The Bertz CT molecular complexity index is 128. The fourth-order valence-corrected chi connectivity index (χ4v) is 1.16. The summed E-state index contributed by atoms with van der Waals surface area (Å²) in [6.07, 6.45) is -1.72. The minimum atomic E-state index is -0.904. The Morgan fingerprint density at radius 2 is 2.09 bits per heavy atom. The lowest BCUT2D eigenvalue weighted by molar-refractivity contribution is -0.246. The second kappa shape index (κ2) is 3.49. The summed E-state index contributed by atoms with van der Waals surface area (Å²) in [4.78, 5) is 0. The summed E-state index contributed by atoms with van der Waals surface area (Å²) in [6, 6.07) is 0. The van der Waals surface area contributed by atoms with Crippen molar-refractivity contribution >= 4 is 0 Å². The number of hydrogen-bond donors (Lipinski definition) is 2. The summed E-state index contributed by atoms with van der Waals surface area (Å²) < 4.78 is 9.87. The second-order valence-electron chi connectivity index (χ2n) is 2.81. The van der Waals surface area contributed by atoms with E-state index in [0.717, 1.165) is 0 Å². The Morgan fingerprint density at radius 3 is 2.64 bits per heavy atom. The van der Waals surface area contributed by atoms with Crippen LogP contribution in [0.4, 0.5) is 0 Å². The van der Waals surface area contributed by atoms with Gasteiger partial charge in [0, 0.05) is 13.5 Å². The molecule has 0 aromatic rings. The van der Waals surface area contributed by atoms with E-state index in [1.807, 2.05) is 0 Å². The molecule has 0 spiro atoms. The summed E-state index contributed by atoms with van der Waals surface area (Å²) in [5.74, 6) is 0. The molecule has 4 nitrogen and oxygen atoms in total. The van der Waals surface area contributed by atoms with E-state index in [4.69, 9.17) is 9.47 Å². The highest BCUT2D eigenvalue weighted by Crippen LogP contribution is 2.20. The van der Waals surface area contributed by atoms with Crippen molar-refractivity contribution in [1.29, 1.82) is 0 Å². The van der Waals surface area contributed by atoms with E-state index in [2.05, 4.69) is 0 Å². The van der Waals surface area contributed by atoms with Crippen LogP contribution in [0.2, 0.25) is 0 Å². The van der Waals surface area contributed by atoms with Crippen molar-refractivity contribution in [3.8, 4) is 0 Å². The Kier molecular flexibility index (Phi) is 2.84. The highest BCUT2D eigenvalue weighted by atomic mass is 16.6. The van der Waals surface area contributed by atoms with Gasteiger partial charge in [0.05, 0.1) is 12.2 Å². The molecule has 0 aromatic carbocycles. The molecule has 1 heterocycles. The highest BCUT2D eigenvalue weighted by Gasteiger charge is 2.33. The van der Waals surface area contributed by atoms with Crippen LogP contribution in [0.1, 0.15) is 13.3 Å². The summed E-state index contributed by atoms with van der Waals surface area (Å²) >= 11 is 0. The molecule has 0 aliphatic carbocycles. The first-order valence-corrected chi connectivity index (χ1v) is 3.69. The molecule has 1 saturated heterocycles. The van der Waals surface area contributed by atoms with Gasteiger partial charge in [0.2, 0.25) is 0 Å². The van der Waals surface area contributed by atoms with Crippen molar-refractivity contribution < 1.29 is 19.7 Å². The van der Waals surface area contributed by atoms with Crippen molar-refractivity contribution in [2.24, 2.45) is 0 Å². The first-order valence-electron chi connectivity index (χ1n) is 3.69. The van der Waals surface area contributed by atoms with Crippen molar-refractivity contribution in [2.75, 3.05) is 7.11 Å². The van der Waals surface area contributed by atoms with Gasteiger partial charge >= 0.3 is 0 Å². The normalized spacial score (nSPS) is 45.8. The lowest BCUT2D eigenvalue weighted by atomic mass is 10.0. The van der Waals surface area contributed by atoms with Crippen LogP contribution < -0.4 is 0 Å². The SMILES string of the molecule is CO[C@H]1C[C@H](O)[C@H](C)O[C@H]1O. The van der Waals surface area contributed by atoms with Crippen LogP contribution in [0.5, 0.6) is 0 Å². The molecule has 1 aliphatic rings. The van der Waals surface area contributed by atoms with Gasteiger partial charge in [-0.3, -0.25) is 0 Å². The van der Waals surface area contributed by atoms with E-state index in [1.165, 1.54) is 7.11 Å². The molecule has 1 fully saturated rings. The molecular weight excluding hydrogens is 148 g/mol. The van der Waals surface area contributed by atoms with E-state index in [1.54, 1.807) is 6.92 Å². The Balaban J connectivity index is 2.48. The van der Waals surface area contributed by atoms with E-state index >= 15 is 0 Å². The maximum absolute atomic E-state index is 9.28. The van der Waals surface area contributed by atoms with E-state index < -0.39 is 18.5 Å². The van der Waals surface area contributed by atoms with Gasteiger partial charge in [0.15, 0.2) is 6.29 Å². The Morgan fingerprint density at radius 1 is 1.45 bits per heavy atom. The summed E-state index contributed by atoms with van der Waals surface area (Å²) in [7, 11) is 1.49. The number of rotatable bonds is 1. The fourth-order valence-electron chi connectivity index (χ4n) is 1.16. The first-order chi connectivity index (χ1) is 5.15. The van der Waals surface area contributed by atoms with Gasteiger partial charge in [-0.05, 0) is 6.92 Å². The number of hydrogen-bond acceptors (Lipinski definition) is 4. The zero-order valence-corrected chi connectivity index (χ0v) is 6.73. The number of aliphatic hydroxyl groups is 2. The minimum absolute atomic E-state index is 0.309. The quantitative estimate of drug-likeness (QED) is 0.545. The molecule has 1 rings (SSSR count). The molecule has 0 aromatic heterocycles. The van der Waals surface area contributed by atoms with E-state index in [0.29, 0.717) is 6.42 Å². The predicted molar refractivity (Wildman–Crippen MR) is 38.0 cm³/mol. The molecule has 0 radical (unpaired) electrons. The lowest BCUT2D eigenvalue weighted by Crippen LogP contribution is -2.46. The van der Waals surface area contributed by atoms with E-state index in [9.17, 15) is 10.2 Å². The molecule has 66 valence electrons. The Labute approximate surface area is 65.7 Å². The maximum Gasteiger partial charge on any atom is 0.181 e. The minimum Gasteiger partial charge on any atom is -0.390 e. The van der Waals surface area contributed by atoms with Crippen molar-refractivity contribution in [3.63, 3.8) is 0 Å². The molecular formula is C7H14O4. The molecule has 0 amide bonds. The van der Waals surface area contributed by atoms with Crippen LogP contribution in [0.25, 0.3) is 0 Å². The van der Waals surface area contributed by atoms with Gasteiger partial charge in [-0.25, -0.2) is 0 Å². The van der Waals surface area contributed by atoms with Gasteiger partial charge in [-0.15, -0.1) is 0 Å². The predicted octanol–water partition coefficient (Wildman–Crippen LogP) is -0.510.